The van der Waals surface area contributed by atoms with Crippen molar-refractivity contribution in [1.82, 2.24) is 0 Å². The lowest BCUT2D eigenvalue weighted by Crippen LogP contribution is -2.15. The van der Waals surface area contributed by atoms with Crippen LogP contribution >= 0.6 is 0 Å². The van der Waals surface area contributed by atoms with Crippen LogP contribution in [0, 0.1) is 11.8 Å². The van der Waals surface area contributed by atoms with E-state index < -0.39 is 0 Å². The fraction of sp³-hybridized carbons (Fsp3) is 0.217. The van der Waals surface area contributed by atoms with E-state index in [1.54, 1.807) is 0 Å². The quantitative estimate of drug-likeness (QED) is 0.190. The van der Waals surface area contributed by atoms with Gasteiger partial charge in [0, 0.05) is 33.2 Å². The van der Waals surface area contributed by atoms with Gasteiger partial charge in [-0.1, -0.05) is 105 Å². The van der Waals surface area contributed by atoms with E-state index in [9.17, 15) is 0 Å². The average molecular weight is 622 g/mol. The maximum absolute atomic E-state index is 6.22. The Morgan fingerprint density at radius 2 is 1.23 bits per heavy atom. The molecule has 10 rings (SSSR count). The molecule has 3 aliphatic carbocycles. The van der Waals surface area contributed by atoms with E-state index in [1.165, 1.54) is 64.6 Å². The van der Waals surface area contributed by atoms with Crippen LogP contribution in [-0.4, -0.2) is 0 Å². The molecule has 234 valence electrons. The molecule has 2 saturated carbocycles. The number of furan rings is 1. The molecule has 3 atom stereocenters. The van der Waals surface area contributed by atoms with Gasteiger partial charge in [-0.15, -0.1) is 0 Å². The van der Waals surface area contributed by atoms with Gasteiger partial charge in [-0.25, -0.2) is 0 Å². The topological polar surface area (TPSA) is 16.4 Å². The Bertz CT molecular complexity index is 2340. The molecule has 1 aromatic heterocycles. The number of rotatable bonds is 5. The zero-order chi connectivity index (χ0) is 32.0. The number of nitrogens with zero attached hydrogens (tertiary/aromatic N) is 1. The first-order valence-electron chi connectivity index (χ1n) is 17.7. The number of hydrogen-bond donors (Lipinski definition) is 0. The van der Waals surface area contributed by atoms with Gasteiger partial charge in [-0.2, -0.15) is 0 Å². The molecule has 6 aromatic carbocycles. The van der Waals surface area contributed by atoms with Crippen LogP contribution in [0.25, 0.3) is 44.2 Å². The Kier molecular flexibility index (Phi) is 6.10. The van der Waals surface area contributed by atoms with Crippen molar-refractivity contribution >= 4 is 39.0 Å². The van der Waals surface area contributed by atoms with E-state index in [2.05, 4.69) is 146 Å². The summed E-state index contributed by atoms with van der Waals surface area (Å²) in [5, 5.41) is 2.27. The molecule has 48 heavy (non-hydrogen) atoms. The summed E-state index contributed by atoms with van der Waals surface area (Å²) in [6.45, 7) is 4.69. The van der Waals surface area contributed by atoms with Crippen molar-refractivity contribution in [2.45, 2.75) is 50.9 Å². The lowest BCUT2D eigenvalue weighted by molar-refractivity contribution is 0.420. The highest BCUT2D eigenvalue weighted by Crippen LogP contribution is 2.53. The van der Waals surface area contributed by atoms with Crippen LogP contribution in [0.5, 0.6) is 0 Å². The Morgan fingerprint density at radius 3 is 2.02 bits per heavy atom. The van der Waals surface area contributed by atoms with Gasteiger partial charge in [0.05, 0.1) is 0 Å². The van der Waals surface area contributed by atoms with E-state index in [0.717, 1.165) is 56.8 Å². The minimum Gasteiger partial charge on any atom is -0.456 e. The van der Waals surface area contributed by atoms with E-state index >= 15 is 0 Å². The van der Waals surface area contributed by atoms with Crippen molar-refractivity contribution in [2.24, 2.45) is 11.8 Å². The minimum atomic E-state index is -0.0293. The molecule has 2 nitrogen and oxygen atoms in total. The maximum atomic E-state index is 6.22. The van der Waals surface area contributed by atoms with E-state index in [-0.39, 0.29) is 5.41 Å². The highest BCUT2D eigenvalue weighted by Gasteiger charge is 2.40. The number of para-hydroxylation sites is 1. The van der Waals surface area contributed by atoms with Gasteiger partial charge in [-0.3, -0.25) is 0 Å². The Morgan fingerprint density at radius 1 is 0.562 bits per heavy atom. The third-order valence-corrected chi connectivity index (χ3v) is 12.0. The van der Waals surface area contributed by atoms with Crippen LogP contribution in [0.2, 0.25) is 0 Å². The first-order chi connectivity index (χ1) is 23.5. The first kappa shape index (κ1) is 28.0. The lowest BCUT2D eigenvalue weighted by Gasteiger charge is -2.27. The van der Waals surface area contributed by atoms with Gasteiger partial charge >= 0.3 is 0 Å². The second-order valence-electron chi connectivity index (χ2n) is 15.0. The molecule has 2 heteroatoms. The highest BCUT2D eigenvalue weighted by atomic mass is 16.3. The van der Waals surface area contributed by atoms with Crippen LogP contribution in [0.15, 0.2) is 138 Å². The molecule has 3 unspecified atom stereocenters. The molecule has 0 N–H and O–H groups in total. The zero-order valence-corrected chi connectivity index (χ0v) is 27.6. The smallest absolute Gasteiger partial charge is 0.135 e. The summed E-state index contributed by atoms with van der Waals surface area (Å²) in [4.78, 5) is 2.40. The Balaban J connectivity index is 1.06. The molecular weight excluding hydrogens is 583 g/mol. The third-order valence-electron chi connectivity index (χ3n) is 12.0. The normalized spacial score (nSPS) is 20.3. The van der Waals surface area contributed by atoms with Crippen molar-refractivity contribution < 1.29 is 4.42 Å². The standard InChI is InChI=1S/C46H39NO/c1-46(2)42-9-5-3-7-37(42)40-27-35(21-23-43(40)46)47(36-22-24-45-41(28-36)38-8-4-6-10-44(38)48-45)34-19-17-31(18-20-34)30-13-15-32(16-14-30)39-26-29-11-12-33(39)25-29/h3-10,13-24,27-29,33,39H,11-12,25-26H2,1-2H3. The van der Waals surface area contributed by atoms with Crippen LogP contribution in [0.1, 0.15) is 62.1 Å². The van der Waals surface area contributed by atoms with Gasteiger partial charge in [-0.05, 0) is 124 Å². The van der Waals surface area contributed by atoms with Crippen LogP contribution in [-0.2, 0) is 5.41 Å². The summed E-state index contributed by atoms with van der Waals surface area (Å²) >= 11 is 0. The van der Waals surface area contributed by atoms with Crippen molar-refractivity contribution in [3.63, 3.8) is 0 Å². The summed E-state index contributed by atoms with van der Waals surface area (Å²) in [5.74, 6) is 2.64. The average Bonchev–Trinajstić information content (AvgIpc) is 3.91. The molecule has 2 bridgehead atoms. The minimum absolute atomic E-state index is 0.0293. The molecule has 1 heterocycles. The van der Waals surface area contributed by atoms with E-state index in [4.69, 9.17) is 4.42 Å². The third kappa shape index (κ3) is 4.25. The second kappa shape index (κ2) is 10.5. The molecular formula is C46H39NO. The molecule has 7 aromatic rings. The number of benzene rings is 6. The van der Waals surface area contributed by atoms with Gasteiger partial charge < -0.3 is 9.32 Å². The predicted octanol–water partition coefficient (Wildman–Crippen LogP) is 12.9. The summed E-state index contributed by atoms with van der Waals surface area (Å²) in [6, 6.07) is 49.5. The van der Waals surface area contributed by atoms with Crippen LogP contribution in [0.3, 0.4) is 0 Å². The van der Waals surface area contributed by atoms with Crippen molar-refractivity contribution in [1.29, 1.82) is 0 Å². The van der Waals surface area contributed by atoms with Crippen LogP contribution in [0.4, 0.5) is 17.1 Å². The molecule has 0 saturated heterocycles. The molecule has 0 spiro atoms. The SMILES string of the molecule is CC1(C)c2ccccc2-c2cc(N(c3ccc(-c4ccc(C5CC6CCC5C6)cc4)cc3)c3ccc4oc5ccccc5c4c3)ccc21. The molecule has 0 radical (unpaired) electrons. The molecule has 2 fully saturated rings. The molecule has 3 aliphatic rings. The summed E-state index contributed by atoms with van der Waals surface area (Å²) in [7, 11) is 0. The first-order valence-corrected chi connectivity index (χ1v) is 17.7. The Labute approximate surface area is 282 Å². The van der Waals surface area contributed by atoms with E-state index in [0.29, 0.717) is 0 Å². The van der Waals surface area contributed by atoms with Gasteiger partial charge in [0.25, 0.3) is 0 Å². The van der Waals surface area contributed by atoms with Gasteiger partial charge in [0.2, 0.25) is 0 Å². The molecule has 0 aliphatic heterocycles. The largest absolute Gasteiger partial charge is 0.456 e. The zero-order valence-electron chi connectivity index (χ0n) is 27.6. The van der Waals surface area contributed by atoms with Gasteiger partial charge in [0.1, 0.15) is 11.2 Å². The van der Waals surface area contributed by atoms with Crippen molar-refractivity contribution in [3.8, 4) is 22.3 Å². The number of anilines is 3. The van der Waals surface area contributed by atoms with Crippen molar-refractivity contribution in [2.75, 3.05) is 4.90 Å². The fourth-order valence-corrected chi connectivity index (χ4v) is 9.53. The second-order valence-corrected chi connectivity index (χ2v) is 15.0. The maximum Gasteiger partial charge on any atom is 0.135 e. The Hall–Kier alpha value is -5.08. The summed E-state index contributed by atoms with van der Waals surface area (Å²) in [6.07, 6.45) is 5.71. The highest BCUT2D eigenvalue weighted by molar-refractivity contribution is 6.06. The summed E-state index contributed by atoms with van der Waals surface area (Å²) in [5.41, 5.74) is 14.7. The van der Waals surface area contributed by atoms with Gasteiger partial charge in [0.15, 0.2) is 0 Å². The number of fused-ring (bicyclic) bond motifs is 8. The lowest BCUT2D eigenvalue weighted by atomic mass is 9.82. The molecule has 0 amide bonds. The number of hydrogen-bond acceptors (Lipinski definition) is 2. The van der Waals surface area contributed by atoms with E-state index in [1.807, 2.05) is 6.07 Å². The van der Waals surface area contributed by atoms with Crippen molar-refractivity contribution in [3.05, 3.63) is 150 Å². The van der Waals surface area contributed by atoms with Crippen LogP contribution < -0.4 is 4.90 Å². The summed E-state index contributed by atoms with van der Waals surface area (Å²) < 4.78 is 6.22. The fourth-order valence-electron chi connectivity index (χ4n) is 9.53. The monoisotopic (exact) mass is 621 g/mol. The predicted molar refractivity (Wildman–Crippen MR) is 200 cm³/mol.